The normalized spacial score (nSPS) is 20.3. The third-order valence-corrected chi connectivity index (χ3v) is 6.24. The number of hydrogen-bond donors (Lipinski definition) is 3. The van der Waals surface area contributed by atoms with E-state index in [1.54, 1.807) is 24.7 Å². The summed E-state index contributed by atoms with van der Waals surface area (Å²) in [6, 6.07) is 6.91. The zero-order valence-electron chi connectivity index (χ0n) is 19.2. The number of aliphatic hydroxyl groups excluding tert-OH is 1. The lowest BCUT2D eigenvalue weighted by molar-refractivity contribution is 0.0785. The predicted molar refractivity (Wildman–Crippen MR) is 128 cm³/mol. The van der Waals surface area contributed by atoms with Crippen molar-refractivity contribution in [2.24, 2.45) is 11.7 Å². The monoisotopic (exact) mass is 481 g/mol. The van der Waals surface area contributed by atoms with Gasteiger partial charge in [-0.15, -0.1) is 0 Å². The first-order chi connectivity index (χ1) is 16.9. The summed E-state index contributed by atoms with van der Waals surface area (Å²) in [5.74, 6) is -1.14. The van der Waals surface area contributed by atoms with Gasteiger partial charge in [0.2, 0.25) is 5.95 Å². The molecule has 3 aromatic heterocycles. The molecule has 1 aliphatic rings. The lowest BCUT2D eigenvalue weighted by atomic mass is 9.92. The maximum Gasteiger partial charge on any atom is 0.229 e. The fraction of sp³-hybridized carbons (Fsp3) is 0.292. The van der Waals surface area contributed by atoms with Gasteiger partial charge in [0.1, 0.15) is 17.4 Å². The van der Waals surface area contributed by atoms with E-state index >= 15 is 0 Å². The number of methoxy groups -OCH3 is 1. The van der Waals surface area contributed by atoms with Crippen LogP contribution in [0.5, 0.6) is 5.75 Å². The first-order valence-electron chi connectivity index (χ1n) is 11.1. The second kappa shape index (κ2) is 9.08. The van der Waals surface area contributed by atoms with Gasteiger partial charge in [0.05, 0.1) is 53.8 Å². The van der Waals surface area contributed by atoms with E-state index in [0.717, 1.165) is 17.8 Å². The topological polar surface area (TPSA) is 114 Å². The zero-order valence-corrected chi connectivity index (χ0v) is 19.2. The van der Waals surface area contributed by atoms with E-state index in [4.69, 9.17) is 10.5 Å². The maximum absolute atomic E-state index is 14.7. The lowest BCUT2D eigenvalue weighted by Crippen LogP contribution is -2.55. The van der Waals surface area contributed by atoms with Crippen LogP contribution in [-0.4, -0.2) is 57.0 Å². The zero-order chi connectivity index (χ0) is 24.7. The number of anilines is 3. The first-order valence-corrected chi connectivity index (χ1v) is 11.1. The standard InChI is InChI=1S/C24H25F2N7O2/c1-13-11-32(12-18(27)23(13)34)21-5-6-28-10-20(21)30-24-29-9-14-3-4-19(31-33(14)24)22-16(25)7-15(35-2)8-17(22)26/h3-10,13,18,23,34H,11-12,27H2,1-2H3,(H,29,30). The van der Waals surface area contributed by atoms with Crippen molar-refractivity contribution in [3.8, 4) is 17.0 Å². The molecule has 1 aliphatic heterocycles. The Hall–Kier alpha value is -3.83. The molecule has 4 heterocycles. The van der Waals surface area contributed by atoms with Gasteiger partial charge in [-0.2, -0.15) is 9.61 Å². The first kappa shape index (κ1) is 22.9. The molecule has 182 valence electrons. The highest BCUT2D eigenvalue weighted by atomic mass is 19.1. The van der Waals surface area contributed by atoms with Crippen molar-refractivity contribution in [1.82, 2.24) is 19.6 Å². The Morgan fingerprint density at radius 1 is 1.14 bits per heavy atom. The van der Waals surface area contributed by atoms with E-state index in [2.05, 4.69) is 25.3 Å². The van der Waals surface area contributed by atoms with Crippen molar-refractivity contribution in [3.63, 3.8) is 0 Å². The molecule has 0 aliphatic carbocycles. The maximum atomic E-state index is 14.7. The number of aromatic nitrogens is 4. The number of benzene rings is 1. The Balaban J connectivity index is 1.50. The van der Waals surface area contributed by atoms with Gasteiger partial charge < -0.3 is 25.8 Å². The Morgan fingerprint density at radius 2 is 1.91 bits per heavy atom. The molecular weight excluding hydrogens is 456 g/mol. The van der Waals surface area contributed by atoms with E-state index < -0.39 is 17.7 Å². The average Bonchev–Trinajstić information content (AvgIpc) is 3.24. The molecule has 0 bridgehead atoms. The summed E-state index contributed by atoms with van der Waals surface area (Å²) in [6.07, 6.45) is 4.37. The molecule has 11 heteroatoms. The van der Waals surface area contributed by atoms with Crippen molar-refractivity contribution in [1.29, 1.82) is 0 Å². The van der Waals surface area contributed by atoms with Crippen LogP contribution in [0.4, 0.5) is 26.1 Å². The second-order valence-electron chi connectivity index (χ2n) is 8.66. The predicted octanol–water partition coefficient (Wildman–Crippen LogP) is 2.97. The molecule has 1 saturated heterocycles. The summed E-state index contributed by atoms with van der Waals surface area (Å²) >= 11 is 0. The SMILES string of the molecule is COc1cc(F)c(-c2ccc3cnc(Nc4cnccc4N4CC(C)C(O)C(N)C4)n3n2)c(F)c1. The second-order valence-corrected chi connectivity index (χ2v) is 8.66. The van der Waals surface area contributed by atoms with Crippen LogP contribution < -0.4 is 20.7 Å². The fourth-order valence-electron chi connectivity index (χ4n) is 4.40. The lowest BCUT2D eigenvalue weighted by Gasteiger charge is -2.40. The number of ether oxygens (including phenoxy) is 1. The van der Waals surface area contributed by atoms with Crippen LogP contribution in [0.2, 0.25) is 0 Å². The van der Waals surface area contributed by atoms with Gasteiger partial charge >= 0.3 is 0 Å². The minimum Gasteiger partial charge on any atom is -0.497 e. The number of pyridine rings is 1. The number of rotatable bonds is 5. The molecule has 3 unspecified atom stereocenters. The molecule has 5 rings (SSSR count). The van der Waals surface area contributed by atoms with Crippen molar-refractivity contribution in [3.05, 3.63) is 60.6 Å². The van der Waals surface area contributed by atoms with Crippen molar-refractivity contribution in [2.75, 3.05) is 30.4 Å². The van der Waals surface area contributed by atoms with Crippen molar-refractivity contribution < 1.29 is 18.6 Å². The summed E-state index contributed by atoms with van der Waals surface area (Å²) in [4.78, 5) is 10.7. The molecule has 0 spiro atoms. The van der Waals surface area contributed by atoms with Gasteiger partial charge in [0, 0.05) is 43.4 Å². The van der Waals surface area contributed by atoms with Gasteiger partial charge in [0.25, 0.3) is 0 Å². The highest BCUT2D eigenvalue weighted by Gasteiger charge is 2.32. The number of fused-ring (bicyclic) bond motifs is 1. The summed E-state index contributed by atoms with van der Waals surface area (Å²) < 4.78 is 35.7. The number of nitrogens with two attached hydrogens (primary N) is 1. The molecule has 0 radical (unpaired) electrons. The minimum absolute atomic E-state index is 0.00876. The molecule has 4 aromatic rings. The number of halogens is 2. The molecule has 35 heavy (non-hydrogen) atoms. The number of nitrogens with zero attached hydrogens (tertiary/aromatic N) is 5. The third kappa shape index (κ3) is 4.24. The van der Waals surface area contributed by atoms with Gasteiger partial charge in [-0.1, -0.05) is 6.92 Å². The molecule has 9 nitrogen and oxygen atoms in total. The largest absolute Gasteiger partial charge is 0.497 e. The van der Waals surface area contributed by atoms with Crippen LogP contribution in [0.15, 0.2) is 48.9 Å². The number of imidazole rings is 1. The Bertz CT molecular complexity index is 1340. The van der Waals surface area contributed by atoms with E-state index in [0.29, 0.717) is 30.2 Å². The van der Waals surface area contributed by atoms with E-state index in [1.165, 1.54) is 17.7 Å². The minimum atomic E-state index is -0.782. The average molecular weight is 482 g/mol. The van der Waals surface area contributed by atoms with Crippen LogP contribution in [0.3, 0.4) is 0 Å². The number of hydrogen-bond acceptors (Lipinski definition) is 8. The van der Waals surface area contributed by atoms with E-state index in [-0.39, 0.29) is 29.0 Å². The highest BCUT2D eigenvalue weighted by Crippen LogP contribution is 2.32. The molecule has 4 N–H and O–H groups in total. The molecule has 3 atom stereocenters. The number of nitrogens with one attached hydrogen (secondary N) is 1. The van der Waals surface area contributed by atoms with Crippen LogP contribution in [0.1, 0.15) is 6.92 Å². The molecule has 1 aromatic carbocycles. The van der Waals surface area contributed by atoms with Crippen molar-refractivity contribution in [2.45, 2.75) is 19.1 Å². The van der Waals surface area contributed by atoms with Crippen LogP contribution in [-0.2, 0) is 0 Å². The molecule has 0 amide bonds. The van der Waals surface area contributed by atoms with E-state index in [9.17, 15) is 13.9 Å². The van der Waals surface area contributed by atoms with Crippen molar-refractivity contribution >= 4 is 22.8 Å². The summed E-state index contributed by atoms with van der Waals surface area (Å²) in [6.45, 7) is 3.05. The summed E-state index contributed by atoms with van der Waals surface area (Å²) in [5.41, 5.74) is 8.12. The Morgan fingerprint density at radius 3 is 2.63 bits per heavy atom. The summed E-state index contributed by atoms with van der Waals surface area (Å²) in [7, 11) is 1.34. The van der Waals surface area contributed by atoms with Crippen LogP contribution in [0, 0.1) is 17.6 Å². The number of piperidine rings is 1. The van der Waals surface area contributed by atoms with Gasteiger partial charge in [-0.25, -0.2) is 13.8 Å². The van der Waals surface area contributed by atoms with Crippen LogP contribution in [0.25, 0.3) is 16.8 Å². The van der Waals surface area contributed by atoms with Gasteiger partial charge in [-0.3, -0.25) is 4.98 Å². The van der Waals surface area contributed by atoms with Gasteiger partial charge in [-0.05, 0) is 18.2 Å². The molecule has 0 saturated carbocycles. The van der Waals surface area contributed by atoms with Crippen LogP contribution >= 0.6 is 0 Å². The third-order valence-electron chi connectivity index (χ3n) is 6.24. The number of aliphatic hydroxyl groups is 1. The van der Waals surface area contributed by atoms with Gasteiger partial charge in [0.15, 0.2) is 0 Å². The van der Waals surface area contributed by atoms with E-state index in [1.807, 2.05) is 13.0 Å². The fourth-order valence-corrected chi connectivity index (χ4v) is 4.40. The quantitative estimate of drug-likeness (QED) is 0.399. The Labute approximate surface area is 200 Å². The molecule has 1 fully saturated rings. The highest BCUT2D eigenvalue weighted by molar-refractivity contribution is 5.74. The Kier molecular flexibility index (Phi) is 5.95. The smallest absolute Gasteiger partial charge is 0.229 e. The molecular formula is C24H25F2N7O2. The summed E-state index contributed by atoms with van der Waals surface area (Å²) in [5, 5.41) is 17.9.